The second-order valence-electron chi connectivity index (χ2n) is 8.29. The minimum Gasteiger partial charge on any atom is -0.478 e. The van der Waals surface area contributed by atoms with Crippen LogP contribution in [0.1, 0.15) is 70.9 Å². The third-order valence-electron chi connectivity index (χ3n) is 6.03. The van der Waals surface area contributed by atoms with Crippen LogP contribution in [0, 0.1) is 6.92 Å². The molecule has 32 heavy (non-hydrogen) atoms. The molecular formula is C25H26F2N2O3. The molecule has 2 heterocycles. The number of aryl methyl sites for hydroxylation is 1. The molecule has 1 saturated heterocycles. The molecule has 5 nitrogen and oxygen atoms in total. The van der Waals surface area contributed by atoms with Crippen molar-refractivity contribution in [3.05, 3.63) is 70.4 Å². The van der Waals surface area contributed by atoms with Crippen molar-refractivity contribution < 1.29 is 23.4 Å². The van der Waals surface area contributed by atoms with Crippen LogP contribution in [0.25, 0.3) is 10.9 Å². The predicted octanol–water partition coefficient (Wildman–Crippen LogP) is 6.25. The van der Waals surface area contributed by atoms with Crippen LogP contribution >= 0.6 is 0 Å². The Hall–Kier alpha value is -3.06. The molecule has 3 aromatic rings. The van der Waals surface area contributed by atoms with E-state index in [1.807, 2.05) is 32.0 Å². The molecule has 1 fully saturated rings. The summed E-state index contributed by atoms with van der Waals surface area (Å²) in [5.41, 5.74) is 3.42. The van der Waals surface area contributed by atoms with E-state index >= 15 is 0 Å². The summed E-state index contributed by atoms with van der Waals surface area (Å²) in [5, 5.41) is 13.6. The van der Waals surface area contributed by atoms with E-state index < -0.39 is 12.4 Å². The van der Waals surface area contributed by atoms with Crippen LogP contribution in [0.4, 0.5) is 14.5 Å². The summed E-state index contributed by atoms with van der Waals surface area (Å²) in [6.07, 6.45) is -1.28. The van der Waals surface area contributed by atoms with Crippen LogP contribution in [0.3, 0.4) is 0 Å². The van der Waals surface area contributed by atoms with Crippen molar-refractivity contribution in [3.8, 4) is 0 Å². The molecule has 0 spiro atoms. The Labute approximate surface area is 185 Å². The number of alkyl halides is 2. The first-order valence-electron chi connectivity index (χ1n) is 10.7. The average molecular weight is 440 g/mol. The Balaban J connectivity index is 1.81. The number of halogens is 2. The minimum atomic E-state index is -2.65. The number of hydrogen-bond acceptors (Lipinski definition) is 4. The van der Waals surface area contributed by atoms with Gasteiger partial charge in [0.25, 0.3) is 6.43 Å². The van der Waals surface area contributed by atoms with E-state index in [-0.39, 0.29) is 23.2 Å². The predicted molar refractivity (Wildman–Crippen MR) is 120 cm³/mol. The largest absolute Gasteiger partial charge is 0.478 e. The van der Waals surface area contributed by atoms with Gasteiger partial charge in [0.1, 0.15) is 5.69 Å². The number of carboxylic acid groups (broad SMARTS) is 1. The Bertz CT molecular complexity index is 1140. The maximum atomic E-state index is 13.9. The first kappa shape index (κ1) is 22.1. The molecule has 1 atom stereocenters. The van der Waals surface area contributed by atoms with Crippen LogP contribution in [0.15, 0.2) is 42.5 Å². The summed E-state index contributed by atoms with van der Waals surface area (Å²) in [6, 6.07) is 12.1. The zero-order valence-corrected chi connectivity index (χ0v) is 18.1. The summed E-state index contributed by atoms with van der Waals surface area (Å²) in [6.45, 7) is 4.94. The van der Waals surface area contributed by atoms with Gasteiger partial charge in [-0.15, -0.1) is 0 Å². The number of nitrogens with one attached hydrogen (secondary N) is 1. The highest BCUT2D eigenvalue weighted by Crippen LogP contribution is 2.37. The van der Waals surface area contributed by atoms with Gasteiger partial charge in [-0.3, -0.25) is 0 Å². The number of carbonyl (C=O) groups is 1. The lowest BCUT2D eigenvalue weighted by atomic mass is 9.88. The molecule has 0 saturated carbocycles. The molecule has 7 heteroatoms. The van der Waals surface area contributed by atoms with Gasteiger partial charge in [-0.2, -0.15) is 0 Å². The topological polar surface area (TPSA) is 71.5 Å². The number of fused-ring (bicyclic) bond motifs is 1. The standard InChI is InChI=1S/C25H26F2N2O3/c1-14-11-18(15(2)28-21-6-4-3-5-17(21)25(30)31)20-13-19(16-7-9-32-10-8-16)23(24(26)27)29-22(20)12-14/h3-6,11-13,15-16,24,28H,7-10H2,1-2H3,(H,30,31)/t15-/m0/s1. The third-order valence-corrected chi connectivity index (χ3v) is 6.03. The van der Waals surface area contributed by atoms with Gasteiger partial charge in [-0.05, 0) is 73.6 Å². The number of aromatic carboxylic acids is 1. The van der Waals surface area contributed by atoms with Crippen LogP contribution < -0.4 is 5.32 Å². The lowest BCUT2D eigenvalue weighted by molar-refractivity contribution is 0.0698. The Morgan fingerprint density at radius 2 is 1.91 bits per heavy atom. The molecule has 0 unspecified atom stereocenters. The van der Waals surface area contributed by atoms with Gasteiger partial charge >= 0.3 is 5.97 Å². The Morgan fingerprint density at radius 3 is 2.59 bits per heavy atom. The highest BCUT2D eigenvalue weighted by Gasteiger charge is 2.26. The Morgan fingerprint density at radius 1 is 1.19 bits per heavy atom. The first-order chi connectivity index (χ1) is 15.3. The summed E-state index contributed by atoms with van der Waals surface area (Å²) in [7, 11) is 0. The van der Waals surface area contributed by atoms with Crippen LogP contribution in [0.5, 0.6) is 0 Å². The summed E-state index contributed by atoms with van der Waals surface area (Å²) in [4.78, 5) is 16.0. The summed E-state index contributed by atoms with van der Waals surface area (Å²) < 4.78 is 33.2. The molecule has 0 aliphatic carbocycles. The van der Waals surface area contributed by atoms with Crippen molar-refractivity contribution in [1.29, 1.82) is 0 Å². The molecule has 0 radical (unpaired) electrons. The van der Waals surface area contributed by atoms with Gasteiger partial charge in [-0.1, -0.05) is 18.2 Å². The molecular weight excluding hydrogens is 414 g/mol. The minimum absolute atomic E-state index is 0.0187. The van der Waals surface area contributed by atoms with Gasteiger partial charge in [0.05, 0.1) is 11.1 Å². The number of hydrogen-bond donors (Lipinski definition) is 2. The number of ether oxygens (including phenoxy) is 1. The van der Waals surface area contributed by atoms with Crippen molar-refractivity contribution in [3.63, 3.8) is 0 Å². The number of rotatable bonds is 6. The number of benzene rings is 2. The average Bonchev–Trinajstić information content (AvgIpc) is 2.78. The monoisotopic (exact) mass is 440 g/mol. The number of pyridine rings is 1. The van der Waals surface area contributed by atoms with Crippen LogP contribution in [-0.2, 0) is 4.74 Å². The van der Waals surface area contributed by atoms with Crippen molar-refractivity contribution in [2.45, 2.75) is 45.1 Å². The third kappa shape index (κ3) is 4.43. The van der Waals surface area contributed by atoms with E-state index in [1.165, 1.54) is 0 Å². The van der Waals surface area contributed by atoms with Gasteiger partial charge in [0, 0.05) is 30.3 Å². The molecule has 1 aliphatic rings. The summed E-state index contributed by atoms with van der Waals surface area (Å²) in [5.74, 6) is -1.03. The van der Waals surface area contributed by atoms with E-state index in [0.29, 0.717) is 42.8 Å². The second-order valence-corrected chi connectivity index (χ2v) is 8.29. The smallest absolute Gasteiger partial charge is 0.337 e. The molecule has 1 aromatic heterocycles. The van der Waals surface area contributed by atoms with Crippen molar-refractivity contribution >= 4 is 22.6 Å². The quantitative estimate of drug-likeness (QED) is 0.474. The van der Waals surface area contributed by atoms with E-state index in [1.54, 1.807) is 24.3 Å². The van der Waals surface area contributed by atoms with Crippen molar-refractivity contribution in [1.82, 2.24) is 4.98 Å². The molecule has 4 rings (SSSR count). The Kier molecular flexibility index (Phi) is 6.37. The number of carboxylic acids is 1. The highest BCUT2D eigenvalue weighted by atomic mass is 19.3. The molecule has 0 amide bonds. The lowest BCUT2D eigenvalue weighted by Crippen LogP contribution is -2.17. The number of para-hydroxylation sites is 1. The normalized spacial score (nSPS) is 15.8. The maximum Gasteiger partial charge on any atom is 0.337 e. The van der Waals surface area contributed by atoms with Crippen LogP contribution in [0.2, 0.25) is 0 Å². The fraction of sp³-hybridized carbons (Fsp3) is 0.360. The van der Waals surface area contributed by atoms with E-state index in [0.717, 1.165) is 16.5 Å². The SMILES string of the molecule is Cc1cc([C@H](C)Nc2ccccc2C(=O)O)c2cc(C3CCOCC3)c(C(F)F)nc2c1. The van der Waals surface area contributed by atoms with E-state index in [2.05, 4.69) is 10.3 Å². The molecule has 2 N–H and O–H groups in total. The zero-order valence-electron chi connectivity index (χ0n) is 18.1. The zero-order chi connectivity index (χ0) is 22.8. The lowest BCUT2D eigenvalue weighted by Gasteiger charge is -2.26. The van der Waals surface area contributed by atoms with E-state index in [9.17, 15) is 18.7 Å². The fourth-order valence-corrected chi connectivity index (χ4v) is 4.45. The fourth-order valence-electron chi connectivity index (χ4n) is 4.45. The van der Waals surface area contributed by atoms with Crippen molar-refractivity contribution in [2.24, 2.45) is 0 Å². The number of nitrogens with zero attached hydrogens (tertiary/aromatic N) is 1. The molecule has 0 bridgehead atoms. The van der Waals surface area contributed by atoms with Crippen molar-refractivity contribution in [2.75, 3.05) is 18.5 Å². The summed E-state index contributed by atoms with van der Waals surface area (Å²) >= 11 is 0. The van der Waals surface area contributed by atoms with Gasteiger partial charge in [0.2, 0.25) is 0 Å². The van der Waals surface area contributed by atoms with Crippen LogP contribution in [-0.4, -0.2) is 29.3 Å². The molecule has 2 aromatic carbocycles. The van der Waals surface area contributed by atoms with E-state index in [4.69, 9.17) is 4.74 Å². The maximum absolute atomic E-state index is 13.9. The number of aromatic nitrogens is 1. The molecule has 168 valence electrons. The molecule has 1 aliphatic heterocycles. The number of anilines is 1. The first-order valence-corrected chi connectivity index (χ1v) is 10.7. The van der Waals surface area contributed by atoms with Gasteiger partial charge in [0.15, 0.2) is 0 Å². The highest BCUT2D eigenvalue weighted by molar-refractivity contribution is 5.94. The van der Waals surface area contributed by atoms with Gasteiger partial charge < -0.3 is 15.2 Å². The van der Waals surface area contributed by atoms with Gasteiger partial charge in [-0.25, -0.2) is 18.6 Å². The second kappa shape index (κ2) is 9.20.